The van der Waals surface area contributed by atoms with Crippen molar-refractivity contribution in [3.63, 3.8) is 0 Å². The van der Waals surface area contributed by atoms with Gasteiger partial charge in [0.05, 0.1) is 19.0 Å². The lowest BCUT2D eigenvalue weighted by Crippen LogP contribution is -2.55. The van der Waals surface area contributed by atoms with E-state index in [1.54, 1.807) is 9.80 Å². The van der Waals surface area contributed by atoms with Crippen LogP contribution in [0.5, 0.6) is 0 Å². The lowest BCUT2D eigenvalue weighted by atomic mass is 10.1. The van der Waals surface area contributed by atoms with E-state index in [0.29, 0.717) is 19.5 Å². The Balaban J connectivity index is 2.02. The first-order chi connectivity index (χ1) is 12.1. The van der Waals surface area contributed by atoms with Crippen LogP contribution in [-0.4, -0.2) is 103 Å². The molecule has 0 aliphatic carbocycles. The largest absolute Gasteiger partial charge is 0.480 e. The molecular weight excluding hydrogens is 366 g/mol. The molecule has 2 aliphatic heterocycles. The van der Waals surface area contributed by atoms with E-state index in [2.05, 4.69) is 0 Å². The van der Waals surface area contributed by atoms with Crippen LogP contribution in [0.4, 0.5) is 0 Å². The lowest BCUT2D eigenvalue weighted by molar-refractivity contribution is -0.148. The number of morpholine rings is 1. The number of nitrogens with zero attached hydrogens (tertiary/aromatic N) is 3. The molecule has 2 saturated heterocycles. The maximum Gasteiger partial charge on any atom is 0.318 e. The molecule has 2 fully saturated rings. The molecule has 0 aromatic carbocycles. The van der Waals surface area contributed by atoms with Crippen LogP contribution in [0.3, 0.4) is 0 Å². The Morgan fingerprint density at radius 1 is 1.27 bits per heavy atom. The van der Waals surface area contributed by atoms with Gasteiger partial charge in [0.25, 0.3) is 0 Å². The summed E-state index contributed by atoms with van der Waals surface area (Å²) in [5, 5.41) is 8.89. The van der Waals surface area contributed by atoms with E-state index in [1.807, 2.05) is 0 Å². The molecule has 148 valence electrons. The molecule has 10 nitrogen and oxygen atoms in total. The average molecular weight is 391 g/mol. The van der Waals surface area contributed by atoms with Gasteiger partial charge < -0.3 is 19.6 Å². The fourth-order valence-corrected chi connectivity index (χ4v) is 4.12. The number of carbonyl (C=O) groups is 3. The Kier molecular flexibility index (Phi) is 6.58. The Hall–Kier alpha value is -1.72. The molecule has 0 bridgehead atoms. The molecule has 0 radical (unpaired) electrons. The number of hydrogen-bond acceptors (Lipinski definition) is 6. The highest BCUT2D eigenvalue weighted by atomic mass is 32.2. The minimum Gasteiger partial charge on any atom is -0.480 e. The van der Waals surface area contributed by atoms with Gasteiger partial charge in [-0.05, 0) is 12.8 Å². The number of amides is 2. The van der Waals surface area contributed by atoms with Gasteiger partial charge in [0, 0.05) is 33.1 Å². The van der Waals surface area contributed by atoms with Gasteiger partial charge in [-0.2, -0.15) is 4.31 Å². The van der Waals surface area contributed by atoms with Gasteiger partial charge >= 0.3 is 5.97 Å². The number of sulfonamides is 1. The molecule has 2 atom stereocenters. The molecule has 2 rings (SSSR count). The smallest absolute Gasteiger partial charge is 0.318 e. The maximum absolute atomic E-state index is 12.8. The fraction of sp³-hybridized carbons (Fsp3) is 0.800. The summed E-state index contributed by atoms with van der Waals surface area (Å²) in [6.45, 7) is 1.93. The summed E-state index contributed by atoms with van der Waals surface area (Å²) in [4.78, 5) is 38.5. The van der Waals surface area contributed by atoms with Crippen molar-refractivity contribution < 1.29 is 32.6 Å². The predicted molar refractivity (Wildman–Crippen MR) is 90.8 cm³/mol. The number of likely N-dealkylation sites (tertiary alicyclic amines) is 1. The van der Waals surface area contributed by atoms with Gasteiger partial charge in [-0.15, -0.1) is 0 Å². The minimum atomic E-state index is -3.72. The van der Waals surface area contributed by atoms with Gasteiger partial charge in [0.2, 0.25) is 21.8 Å². The molecule has 1 N–H and O–H groups in total. The van der Waals surface area contributed by atoms with Crippen molar-refractivity contribution in [3.05, 3.63) is 0 Å². The lowest BCUT2D eigenvalue weighted by Gasteiger charge is -2.37. The Morgan fingerprint density at radius 2 is 1.96 bits per heavy atom. The van der Waals surface area contributed by atoms with Gasteiger partial charge in [0.15, 0.2) is 0 Å². The normalized spacial score (nSPS) is 24.1. The SMILES string of the molecule is CC(=O)N1CCC[C@H]1C(=O)N1CCO[C@H](CN(CC(=O)O)S(C)(=O)=O)C1. The first-order valence-corrected chi connectivity index (χ1v) is 10.3. The molecule has 2 heterocycles. The van der Waals surface area contributed by atoms with Crippen LogP contribution >= 0.6 is 0 Å². The fourth-order valence-electron chi connectivity index (χ4n) is 3.34. The van der Waals surface area contributed by atoms with E-state index in [1.165, 1.54) is 6.92 Å². The molecule has 2 aliphatic rings. The van der Waals surface area contributed by atoms with Gasteiger partial charge in [0.1, 0.15) is 12.6 Å². The zero-order chi connectivity index (χ0) is 19.5. The van der Waals surface area contributed by atoms with Crippen LogP contribution in [0, 0.1) is 0 Å². The van der Waals surface area contributed by atoms with Gasteiger partial charge in [-0.1, -0.05) is 0 Å². The van der Waals surface area contributed by atoms with Gasteiger partial charge in [-0.25, -0.2) is 8.42 Å². The number of rotatable bonds is 6. The second-order valence-corrected chi connectivity index (χ2v) is 8.58. The van der Waals surface area contributed by atoms with Crippen LogP contribution in [0.1, 0.15) is 19.8 Å². The van der Waals surface area contributed by atoms with Crippen molar-refractivity contribution in [2.24, 2.45) is 0 Å². The third-order valence-electron chi connectivity index (χ3n) is 4.58. The molecule has 26 heavy (non-hydrogen) atoms. The van der Waals surface area contributed by atoms with Gasteiger partial charge in [-0.3, -0.25) is 14.4 Å². The zero-order valence-electron chi connectivity index (χ0n) is 15.0. The molecule has 0 saturated carbocycles. The minimum absolute atomic E-state index is 0.143. The highest BCUT2D eigenvalue weighted by Gasteiger charge is 2.37. The molecular formula is C15H25N3O7S. The van der Waals surface area contributed by atoms with E-state index in [9.17, 15) is 22.8 Å². The number of carbonyl (C=O) groups excluding carboxylic acids is 2. The highest BCUT2D eigenvalue weighted by molar-refractivity contribution is 7.88. The van der Waals surface area contributed by atoms with Crippen molar-refractivity contribution in [1.82, 2.24) is 14.1 Å². The van der Waals surface area contributed by atoms with E-state index in [-0.39, 0.29) is 31.5 Å². The van der Waals surface area contributed by atoms with Crippen LogP contribution < -0.4 is 0 Å². The average Bonchev–Trinajstić information content (AvgIpc) is 3.02. The number of aliphatic carboxylic acids is 1. The van der Waals surface area contributed by atoms with Crippen molar-refractivity contribution in [1.29, 1.82) is 0 Å². The summed E-state index contributed by atoms with van der Waals surface area (Å²) in [6.07, 6.45) is 1.69. The summed E-state index contributed by atoms with van der Waals surface area (Å²) >= 11 is 0. The third-order valence-corrected chi connectivity index (χ3v) is 5.80. The van der Waals surface area contributed by atoms with Crippen molar-refractivity contribution in [2.45, 2.75) is 31.9 Å². The van der Waals surface area contributed by atoms with Crippen LogP contribution in [0.2, 0.25) is 0 Å². The van der Waals surface area contributed by atoms with Crippen LogP contribution in [0.25, 0.3) is 0 Å². The van der Waals surface area contributed by atoms with E-state index < -0.39 is 34.7 Å². The van der Waals surface area contributed by atoms with E-state index in [4.69, 9.17) is 9.84 Å². The second-order valence-electron chi connectivity index (χ2n) is 6.60. The summed E-state index contributed by atoms with van der Waals surface area (Å²) in [7, 11) is -3.72. The summed E-state index contributed by atoms with van der Waals surface area (Å²) in [5.74, 6) is -1.58. The second kappa shape index (κ2) is 8.31. The van der Waals surface area contributed by atoms with E-state index >= 15 is 0 Å². The molecule has 2 amide bonds. The first kappa shape index (κ1) is 20.6. The molecule has 0 unspecified atom stereocenters. The quantitative estimate of drug-likeness (QED) is 0.589. The monoisotopic (exact) mass is 391 g/mol. The Bertz CT molecular complexity index is 666. The van der Waals surface area contributed by atoms with Crippen LogP contribution in [-0.2, 0) is 29.1 Å². The number of carboxylic acid groups (broad SMARTS) is 1. The number of hydrogen-bond donors (Lipinski definition) is 1. The topological polar surface area (TPSA) is 125 Å². The first-order valence-electron chi connectivity index (χ1n) is 8.44. The third kappa shape index (κ3) is 5.15. The molecule has 11 heteroatoms. The predicted octanol–water partition coefficient (Wildman–Crippen LogP) is -1.43. The number of ether oxygens (including phenoxy) is 1. The van der Waals surface area contributed by atoms with Crippen molar-refractivity contribution in [3.8, 4) is 0 Å². The Morgan fingerprint density at radius 3 is 2.54 bits per heavy atom. The molecule has 0 aromatic rings. The van der Waals surface area contributed by atoms with E-state index in [0.717, 1.165) is 17.0 Å². The Labute approximate surface area is 152 Å². The summed E-state index contributed by atoms with van der Waals surface area (Å²) in [6, 6.07) is -0.490. The van der Waals surface area contributed by atoms with Crippen molar-refractivity contribution >= 4 is 27.8 Å². The summed E-state index contributed by atoms with van der Waals surface area (Å²) < 4.78 is 29.9. The van der Waals surface area contributed by atoms with Crippen LogP contribution in [0.15, 0.2) is 0 Å². The maximum atomic E-state index is 12.8. The zero-order valence-corrected chi connectivity index (χ0v) is 15.8. The number of carboxylic acids is 1. The van der Waals surface area contributed by atoms with Crippen molar-refractivity contribution in [2.75, 3.05) is 45.6 Å². The molecule has 0 spiro atoms. The molecule has 0 aromatic heterocycles. The standard InChI is InChI=1S/C15H25N3O7S/c1-11(19)18-5-3-4-13(18)15(22)16-6-7-25-12(8-16)9-17(10-14(20)21)26(2,23)24/h12-13H,3-10H2,1-2H3,(H,20,21)/t12-,13-/m0/s1. The highest BCUT2D eigenvalue weighted by Crippen LogP contribution is 2.21. The summed E-state index contributed by atoms with van der Waals surface area (Å²) in [5.41, 5.74) is 0.